The van der Waals surface area contributed by atoms with Crippen molar-refractivity contribution in [3.8, 4) is 11.1 Å². The van der Waals surface area contributed by atoms with Crippen LogP contribution >= 0.6 is 0 Å². The molecule has 0 bridgehead atoms. The molecule has 0 aliphatic rings. The zero-order valence-electron chi connectivity index (χ0n) is 12.8. The molecule has 118 valence electrons. The molecule has 0 saturated heterocycles. The van der Waals surface area contributed by atoms with Gasteiger partial charge in [0.2, 0.25) is 0 Å². The molecule has 0 atom stereocenters. The third kappa shape index (κ3) is 3.16. The SMILES string of the molecule is Cc1ccc(-c2ccc(CCC(C)C)c(F)c2F)c(F)c1F. The summed E-state index contributed by atoms with van der Waals surface area (Å²) in [6, 6.07) is 5.35. The van der Waals surface area contributed by atoms with Crippen molar-refractivity contribution < 1.29 is 17.6 Å². The predicted octanol–water partition coefficient (Wildman–Crippen LogP) is 5.81. The van der Waals surface area contributed by atoms with Gasteiger partial charge in [0.05, 0.1) is 0 Å². The first-order valence-corrected chi connectivity index (χ1v) is 7.24. The highest BCUT2D eigenvalue weighted by Gasteiger charge is 2.19. The Kier molecular flexibility index (Phi) is 4.89. The summed E-state index contributed by atoms with van der Waals surface area (Å²) in [5, 5.41) is 0. The van der Waals surface area contributed by atoms with E-state index in [4.69, 9.17) is 0 Å². The van der Waals surface area contributed by atoms with Gasteiger partial charge in [-0.1, -0.05) is 38.1 Å². The second-order valence-corrected chi connectivity index (χ2v) is 5.89. The molecule has 0 saturated carbocycles. The van der Waals surface area contributed by atoms with Crippen molar-refractivity contribution in [3.05, 3.63) is 58.7 Å². The summed E-state index contributed by atoms with van der Waals surface area (Å²) < 4.78 is 55.9. The van der Waals surface area contributed by atoms with Gasteiger partial charge in [0, 0.05) is 11.1 Å². The van der Waals surface area contributed by atoms with E-state index >= 15 is 0 Å². The zero-order valence-corrected chi connectivity index (χ0v) is 12.8. The number of hydrogen-bond donors (Lipinski definition) is 0. The Bertz CT molecular complexity index is 690. The predicted molar refractivity (Wildman–Crippen MR) is 79.6 cm³/mol. The average molecular weight is 310 g/mol. The molecule has 2 aromatic rings. The molecule has 0 aromatic heterocycles. The van der Waals surface area contributed by atoms with Crippen molar-refractivity contribution in [2.24, 2.45) is 5.92 Å². The third-order valence-electron chi connectivity index (χ3n) is 3.72. The van der Waals surface area contributed by atoms with Gasteiger partial charge >= 0.3 is 0 Å². The molecule has 0 unspecified atom stereocenters. The van der Waals surface area contributed by atoms with Crippen molar-refractivity contribution in [2.75, 3.05) is 0 Å². The largest absolute Gasteiger partial charge is 0.203 e. The zero-order chi connectivity index (χ0) is 16.4. The van der Waals surface area contributed by atoms with Gasteiger partial charge < -0.3 is 0 Å². The van der Waals surface area contributed by atoms with Crippen LogP contribution in [0.1, 0.15) is 31.4 Å². The van der Waals surface area contributed by atoms with E-state index in [2.05, 4.69) is 0 Å². The van der Waals surface area contributed by atoms with Gasteiger partial charge in [-0.3, -0.25) is 0 Å². The van der Waals surface area contributed by atoms with Crippen LogP contribution in [0.4, 0.5) is 17.6 Å². The molecular formula is C18H18F4. The summed E-state index contributed by atoms with van der Waals surface area (Å²) >= 11 is 0. The monoisotopic (exact) mass is 310 g/mol. The minimum atomic E-state index is -1.16. The van der Waals surface area contributed by atoms with E-state index in [0.29, 0.717) is 12.3 Å². The molecular weight excluding hydrogens is 292 g/mol. The lowest BCUT2D eigenvalue weighted by atomic mass is 9.97. The standard InChI is InChI=1S/C18H18F4/c1-10(2)4-6-12-7-9-14(18(22)16(12)20)13-8-5-11(3)15(19)17(13)21/h5,7-10H,4,6H2,1-3H3. The maximum Gasteiger partial charge on any atom is 0.167 e. The Morgan fingerprint density at radius 1 is 0.773 bits per heavy atom. The smallest absolute Gasteiger partial charge is 0.167 e. The molecule has 0 aliphatic heterocycles. The lowest BCUT2D eigenvalue weighted by molar-refractivity contribution is 0.487. The summed E-state index contributed by atoms with van der Waals surface area (Å²) in [5.74, 6) is -3.96. The third-order valence-corrected chi connectivity index (χ3v) is 3.72. The van der Waals surface area contributed by atoms with Crippen LogP contribution in [0.2, 0.25) is 0 Å². The van der Waals surface area contributed by atoms with Gasteiger partial charge in [0.25, 0.3) is 0 Å². The molecule has 0 aliphatic carbocycles. The molecule has 0 nitrogen and oxygen atoms in total. The maximum absolute atomic E-state index is 14.2. The first-order chi connectivity index (χ1) is 10.3. The van der Waals surface area contributed by atoms with E-state index in [1.807, 2.05) is 13.8 Å². The molecule has 22 heavy (non-hydrogen) atoms. The molecule has 2 rings (SSSR count). The number of rotatable bonds is 4. The fraction of sp³-hybridized carbons (Fsp3) is 0.333. The van der Waals surface area contributed by atoms with Gasteiger partial charge in [-0.2, -0.15) is 0 Å². The fourth-order valence-electron chi connectivity index (χ4n) is 2.29. The molecule has 0 amide bonds. The summed E-state index contributed by atoms with van der Waals surface area (Å²) in [4.78, 5) is 0. The van der Waals surface area contributed by atoms with Crippen LogP contribution in [0, 0.1) is 36.1 Å². The highest BCUT2D eigenvalue weighted by molar-refractivity contribution is 5.66. The topological polar surface area (TPSA) is 0 Å². The summed E-state index contributed by atoms with van der Waals surface area (Å²) in [6.45, 7) is 5.40. The Hall–Kier alpha value is -1.84. The lowest BCUT2D eigenvalue weighted by Gasteiger charge is -2.11. The number of aryl methyl sites for hydroxylation is 2. The van der Waals surface area contributed by atoms with Crippen LogP contribution < -0.4 is 0 Å². The molecule has 0 heterocycles. The summed E-state index contributed by atoms with van der Waals surface area (Å²) in [5.41, 5.74) is -0.157. The Morgan fingerprint density at radius 2 is 1.32 bits per heavy atom. The van der Waals surface area contributed by atoms with Crippen LogP contribution in [0.5, 0.6) is 0 Å². The van der Waals surface area contributed by atoms with Gasteiger partial charge in [-0.15, -0.1) is 0 Å². The second-order valence-electron chi connectivity index (χ2n) is 5.89. The normalized spacial score (nSPS) is 11.3. The van der Waals surface area contributed by atoms with Crippen molar-refractivity contribution in [2.45, 2.75) is 33.6 Å². The number of hydrogen-bond acceptors (Lipinski definition) is 0. The molecule has 2 aromatic carbocycles. The maximum atomic E-state index is 14.2. The average Bonchev–Trinajstić information content (AvgIpc) is 2.47. The summed E-state index contributed by atoms with van der Waals surface area (Å²) in [7, 11) is 0. The van der Waals surface area contributed by atoms with E-state index in [-0.39, 0.29) is 22.3 Å². The minimum absolute atomic E-state index is 0.121. The van der Waals surface area contributed by atoms with Gasteiger partial charge in [0.15, 0.2) is 23.3 Å². The van der Waals surface area contributed by atoms with Crippen LogP contribution in [-0.2, 0) is 6.42 Å². The van der Waals surface area contributed by atoms with Gasteiger partial charge in [-0.25, -0.2) is 17.6 Å². The lowest BCUT2D eigenvalue weighted by Crippen LogP contribution is -2.01. The molecule has 0 fully saturated rings. The van der Waals surface area contributed by atoms with Gasteiger partial charge in [0.1, 0.15) is 0 Å². The van der Waals surface area contributed by atoms with Crippen molar-refractivity contribution in [1.29, 1.82) is 0 Å². The number of benzene rings is 2. The Morgan fingerprint density at radius 3 is 1.91 bits per heavy atom. The van der Waals surface area contributed by atoms with E-state index in [1.54, 1.807) is 0 Å². The summed E-state index contributed by atoms with van der Waals surface area (Å²) in [6.07, 6.45) is 1.13. The van der Waals surface area contributed by atoms with Crippen LogP contribution in [0.3, 0.4) is 0 Å². The molecule has 0 spiro atoms. The molecule has 4 heteroatoms. The number of halogens is 4. The van der Waals surface area contributed by atoms with Crippen molar-refractivity contribution >= 4 is 0 Å². The highest BCUT2D eigenvalue weighted by Crippen LogP contribution is 2.31. The molecule has 0 radical (unpaired) electrons. The quantitative estimate of drug-likeness (QED) is 0.625. The fourth-order valence-corrected chi connectivity index (χ4v) is 2.29. The van der Waals surface area contributed by atoms with Crippen LogP contribution in [0.25, 0.3) is 11.1 Å². The minimum Gasteiger partial charge on any atom is -0.203 e. The van der Waals surface area contributed by atoms with Crippen molar-refractivity contribution in [1.82, 2.24) is 0 Å². The van der Waals surface area contributed by atoms with Crippen molar-refractivity contribution in [3.63, 3.8) is 0 Å². The van der Waals surface area contributed by atoms with E-state index < -0.39 is 23.3 Å². The van der Waals surface area contributed by atoms with E-state index in [0.717, 1.165) is 6.42 Å². The first kappa shape index (κ1) is 16.5. The Labute approximate surface area is 127 Å². The van der Waals surface area contributed by atoms with Gasteiger partial charge in [-0.05, 0) is 36.8 Å². The molecule has 0 N–H and O–H groups in total. The highest BCUT2D eigenvalue weighted by atomic mass is 19.2. The van der Waals surface area contributed by atoms with Crippen LogP contribution in [0.15, 0.2) is 24.3 Å². The van der Waals surface area contributed by atoms with E-state index in [1.165, 1.54) is 31.2 Å². The van der Waals surface area contributed by atoms with Crippen LogP contribution in [-0.4, -0.2) is 0 Å². The first-order valence-electron chi connectivity index (χ1n) is 7.24. The van der Waals surface area contributed by atoms with E-state index in [9.17, 15) is 17.6 Å². The second kappa shape index (κ2) is 6.51. The Balaban J connectivity index is 2.46.